The van der Waals surface area contributed by atoms with Crippen LogP contribution in [0.2, 0.25) is 0 Å². The van der Waals surface area contributed by atoms with Crippen LogP contribution in [-0.4, -0.2) is 26.8 Å². The first kappa shape index (κ1) is 20.8. The molecule has 0 aliphatic heterocycles. The van der Waals surface area contributed by atoms with Gasteiger partial charge in [0.25, 0.3) is 5.56 Å². The smallest absolute Gasteiger partial charge is 0.255 e. The van der Waals surface area contributed by atoms with E-state index >= 15 is 0 Å². The highest BCUT2D eigenvalue weighted by molar-refractivity contribution is 5.85. The normalized spacial score (nSPS) is 11.4. The molecule has 2 aromatic heterocycles. The largest absolute Gasteiger partial charge is 0.356 e. The van der Waals surface area contributed by atoms with Crippen LogP contribution in [0.25, 0.3) is 16.7 Å². The molecule has 0 radical (unpaired) electrons. The third-order valence-electron chi connectivity index (χ3n) is 5.39. The lowest BCUT2D eigenvalue weighted by Gasteiger charge is -2.13. The molecule has 1 amide bonds. The van der Waals surface area contributed by atoms with Crippen LogP contribution < -0.4 is 10.9 Å². The first-order valence-corrected chi connectivity index (χ1v) is 10.2. The second kappa shape index (κ2) is 8.64. The van der Waals surface area contributed by atoms with E-state index in [9.17, 15) is 9.59 Å². The standard InChI is InChI=1S/C23H30N4O2/c1-15(2)13-14-24-20(28)12-11-19-16(3)21-17(4)25-27(18-9-7-6-8-10-18)22(21)26(5)23(19)29/h6-10,15H,11-14H2,1-5H3,(H,24,28). The first-order valence-electron chi connectivity index (χ1n) is 10.2. The van der Waals surface area contributed by atoms with Gasteiger partial charge in [-0.25, -0.2) is 4.68 Å². The quantitative estimate of drug-likeness (QED) is 0.667. The number of carbonyl (C=O) groups is 1. The summed E-state index contributed by atoms with van der Waals surface area (Å²) in [7, 11) is 1.77. The van der Waals surface area contributed by atoms with Crippen molar-refractivity contribution in [1.29, 1.82) is 0 Å². The molecule has 0 aliphatic carbocycles. The molecule has 1 N–H and O–H groups in total. The van der Waals surface area contributed by atoms with Crippen molar-refractivity contribution in [1.82, 2.24) is 19.7 Å². The van der Waals surface area contributed by atoms with Gasteiger partial charge in [-0.3, -0.25) is 14.2 Å². The van der Waals surface area contributed by atoms with Crippen molar-refractivity contribution in [3.63, 3.8) is 0 Å². The van der Waals surface area contributed by atoms with Crippen molar-refractivity contribution in [3.8, 4) is 5.69 Å². The van der Waals surface area contributed by atoms with Crippen molar-refractivity contribution >= 4 is 16.9 Å². The van der Waals surface area contributed by atoms with Gasteiger partial charge in [0.05, 0.1) is 11.4 Å². The van der Waals surface area contributed by atoms with E-state index in [2.05, 4.69) is 19.2 Å². The van der Waals surface area contributed by atoms with Gasteiger partial charge in [-0.05, 0) is 50.3 Å². The Kier molecular flexibility index (Phi) is 6.20. The number of aromatic nitrogens is 3. The van der Waals surface area contributed by atoms with Crippen LogP contribution in [0.4, 0.5) is 0 Å². The molecule has 29 heavy (non-hydrogen) atoms. The fraction of sp³-hybridized carbons (Fsp3) is 0.435. The zero-order valence-corrected chi connectivity index (χ0v) is 18.0. The molecule has 1 aromatic carbocycles. The van der Waals surface area contributed by atoms with E-state index in [0.29, 0.717) is 30.9 Å². The number of nitrogens with zero attached hydrogens (tertiary/aromatic N) is 3. The average Bonchev–Trinajstić information content (AvgIpc) is 3.04. The van der Waals surface area contributed by atoms with Gasteiger partial charge >= 0.3 is 0 Å². The molecular weight excluding hydrogens is 364 g/mol. The molecule has 3 aromatic rings. The summed E-state index contributed by atoms with van der Waals surface area (Å²) < 4.78 is 3.48. The molecule has 6 heteroatoms. The summed E-state index contributed by atoms with van der Waals surface area (Å²) >= 11 is 0. The van der Waals surface area contributed by atoms with Crippen LogP contribution in [-0.2, 0) is 18.3 Å². The molecule has 3 rings (SSSR count). The Morgan fingerprint density at radius 3 is 2.52 bits per heavy atom. The molecule has 0 spiro atoms. The monoisotopic (exact) mass is 394 g/mol. The van der Waals surface area contributed by atoms with Gasteiger partial charge in [-0.1, -0.05) is 32.0 Å². The number of benzene rings is 1. The molecule has 0 fully saturated rings. The van der Waals surface area contributed by atoms with Crippen molar-refractivity contribution in [2.75, 3.05) is 6.54 Å². The fourth-order valence-electron chi connectivity index (χ4n) is 3.74. The number of aryl methyl sites for hydroxylation is 3. The lowest BCUT2D eigenvalue weighted by molar-refractivity contribution is -0.121. The number of fused-ring (bicyclic) bond motifs is 1. The Labute approximate surface area is 171 Å². The van der Waals surface area contributed by atoms with Crippen LogP contribution >= 0.6 is 0 Å². The molecular formula is C23H30N4O2. The summed E-state index contributed by atoms with van der Waals surface area (Å²) in [4.78, 5) is 25.3. The Morgan fingerprint density at radius 1 is 1.17 bits per heavy atom. The van der Waals surface area contributed by atoms with E-state index in [1.54, 1.807) is 11.6 Å². The zero-order valence-electron chi connectivity index (χ0n) is 18.0. The van der Waals surface area contributed by atoms with Gasteiger partial charge in [0, 0.05) is 31.0 Å². The number of nitrogens with one attached hydrogen (secondary N) is 1. The Hall–Kier alpha value is -2.89. The summed E-state index contributed by atoms with van der Waals surface area (Å²) in [5.41, 5.74) is 4.10. The number of hydrogen-bond acceptors (Lipinski definition) is 3. The minimum atomic E-state index is -0.0675. The number of para-hydroxylation sites is 1. The second-order valence-corrected chi connectivity index (χ2v) is 8.03. The predicted molar refractivity (Wildman–Crippen MR) is 117 cm³/mol. The van der Waals surface area contributed by atoms with Crippen LogP contribution in [0.1, 0.15) is 43.5 Å². The zero-order chi connectivity index (χ0) is 21.1. The molecule has 0 bridgehead atoms. The lowest BCUT2D eigenvalue weighted by Crippen LogP contribution is -2.28. The molecule has 2 heterocycles. The maximum Gasteiger partial charge on any atom is 0.255 e. The Bertz CT molecular complexity index is 1080. The highest BCUT2D eigenvalue weighted by Gasteiger charge is 2.20. The first-order chi connectivity index (χ1) is 13.8. The summed E-state index contributed by atoms with van der Waals surface area (Å²) in [5.74, 6) is 0.542. The van der Waals surface area contributed by atoms with Gasteiger partial charge in [0.1, 0.15) is 5.65 Å². The van der Waals surface area contributed by atoms with Crippen molar-refractivity contribution < 1.29 is 4.79 Å². The second-order valence-electron chi connectivity index (χ2n) is 8.03. The SMILES string of the molecule is Cc1nn(-c2ccccc2)c2c1c(C)c(CCC(=O)NCCC(C)C)c(=O)n2C. The van der Waals surface area contributed by atoms with E-state index in [1.165, 1.54) is 0 Å². The van der Waals surface area contributed by atoms with Gasteiger partial charge in [0.15, 0.2) is 0 Å². The van der Waals surface area contributed by atoms with E-state index in [-0.39, 0.29) is 11.5 Å². The summed E-state index contributed by atoms with van der Waals surface area (Å²) in [5, 5.41) is 8.62. The molecule has 0 aliphatic rings. The Balaban J connectivity index is 1.94. The molecule has 0 saturated heterocycles. The molecule has 6 nitrogen and oxygen atoms in total. The number of hydrogen-bond donors (Lipinski definition) is 1. The summed E-state index contributed by atoms with van der Waals surface area (Å²) in [6.45, 7) is 8.86. The van der Waals surface area contributed by atoms with Gasteiger partial charge < -0.3 is 5.32 Å². The highest BCUT2D eigenvalue weighted by atomic mass is 16.1. The van der Waals surface area contributed by atoms with Gasteiger partial charge in [-0.2, -0.15) is 5.10 Å². The van der Waals surface area contributed by atoms with E-state index in [4.69, 9.17) is 5.10 Å². The molecule has 154 valence electrons. The third kappa shape index (κ3) is 4.26. The maximum absolute atomic E-state index is 13.1. The third-order valence-corrected chi connectivity index (χ3v) is 5.39. The number of rotatable bonds is 7. The minimum Gasteiger partial charge on any atom is -0.356 e. The van der Waals surface area contributed by atoms with E-state index < -0.39 is 0 Å². The number of amides is 1. The van der Waals surface area contributed by atoms with Crippen molar-refractivity contribution in [3.05, 3.63) is 57.5 Å². The van der Waals surface area contributed by atoms with E-state index in [0.717, 1.165) is 34.4 Å². The summed E-state index contributed by atoms with van der Waals surface area (Å²) in [6, 6.07) is 9.81. The van der Waals surface area contributed by atoms with Crippen LogP contribution in [0.3, 0.4) is 0 Å². The average molecular weight is 395 g/mol. The molecule has 0 atom stereocenters. The number of pyridine rings is 1. The van der Waals surface area contributed by atoms with Crippen molar-refractivity contribution in [2.45, 2.75) is 47.0 Å². The van der Waals surface area contributed by atoms with Gasteiger partial charge in [0.2, 0.25) is 5.91 Å². The van der Waals surface area contributed by atoms with Gasteiger partial charge in [-0.15, -0.1) is 0 Å². The summed E-state index contributed by atoms with van der Waals surface area (Å²) in [6.07, 6.45) is 1.69. The van der Waals surface area contributed by atoms with E-state index in [1.807, 2.05) is 48.9 Å². The molecule has 0 saturated carbocycles. The molecule has 0 unspecified atom stereocenters. The fourth-order valence-corrected chi connectivity index (χ4v) is 3.74. The predicted octanol–water partition coefficient (Wildman–Crippen LogP) is 3.44. The Morgan fingerprint density at radius 2 is 1.86 bits per heavy atom. The lowest BCUT2D eigenvalue weighted by atomic mass is 10.0. The number of carbonyl (C=O) groups excluding carboxylic acids is 1. The van der Waals surface area contributed by atoms with Crippen LogP contribution in [0.15, 0.2) is 35.1 Å². The van der Waals surface area contributed by atoms with Crippen molar-refractivity contribution in [2.24, 2.45) is 13.0 Å². The van der Waals surface area contributed by atoms with Crippen LogP contribution in [0.5, 0.6) is 0 Å². The highest BCUT2D eigenvalue weighted by Crippen LogP contribution is 2.25. The van der Waals surface area contributed by atoms with Crippen LogP contribution in [0, 0.1) is 19.8 Å². The topological polar surface area (TPSA) is 68.9 Å². The minimum absolute atomic E-state index is 0.0103. The maximum atomic E-state index is 13.1.